The monoisotopic (exact) mass is 223 g/mol. The first-order chi connectivity index (χ1) is 4.50. The van der Waals surface area contributed by atoms with Crippen molar-refractivity contribution in [1.82, 2.24) is 3.97 Å². The number of rotatable bonds is 1. The lowest BCUT2D eigenvalue weighted by molar-refractivity contribution is 0.593. The van der Waals surface area contributed by atoms with Gasteiger partial charge in [0.25, 0.3) is 0 Å². The minimum Gasteiger partial charge on any atom is -0.252 e. The van der Waals surface area contributed by atoms with E-state index < -0.39 is 10.0 Å². The van der Waals surface area contributed by atoms with Crippen LogP contribution in [-0.4, -0.2) is 18.6 Å². The highest BCUT2D eigenvalue weighted by atomic mass is 79.9. The zero-order valence-corrected chi connectivity index (χ0v) is 7.68. The molecule has 56 valence electrons. The standard InChI is InChI=1S/C5H6BrNO2S/c1-10(8,9)7-3-2-5(6)4-7/h2-4H,1H3. The molecule has 0 spiro atoms. The fourth-order valence-corrected chi connectivity index (χ4v) is 1.62. The van der Waals surface area contributed by atoms with Crippen LogP contribution in [0.3, 0.4) is 0 Å². The van der Waals surface area contributed by atoms with Crippen molar-refractivity contribution in [2.45, 2.75) is 0 Å². The van der Waals surface area contributed by atoms with Crippen molar-refractivity contribution < 1.29 is 8.42 Å². The van der Waals surface area contributed by atoms with Gasteiger partial charge in [0.1, 0.15) is 0 Å². The lowest BCUT2D eigenvalue weighted by Gasteiger charge is -1.94. The van der Waals surface area contributed by atoms with E-state index in [0.29, 0.717) is 0 Å². The van der Waals surface area contributed by atoms with E-state index in [-0.39, 0.29) is 0 Å². The van der Waals surface area contributed by atoms with E-state index >= 15 is 0 Å². The van der Waals surface area contributed by atoms with Crippen LogP contribution in [-0.2, 0) is 10.0 Å². The predicted molar refractivity (Wildman–Crippen MR) is 42.4 cm³/mol. The zero-order valence-electron chi connectivity index (χ0n) is 5.28. The summed E-state index contributed by atoms with van der Waals surface area (Å²) in [7, 11) is -3.10. The minimum absolute atomic E-state index is 0.762. The highest BCUT2D eigenvalue weighted by Gasteiger charge is 2.02. The van der Waals surface area contributed by atoms with E-state index in [2.05, 4.69) is 15.9 Å². The number of hydrogen-bond acceptors (Lipinski definition) is 2. The second kappa shape index (κ2) is 2.39. The molecule has 0 radical (unpaired) electrons. The highest BCUT2D eigenvalue weighted by Crippen LogP contribution is 2.09. The molecule has 1 heterocycles. The number of hydrogen-bond donors (Lipinski definition) is 0. The molecule has 10 heavy (non-hydrogen) atoms. The first kappa shape index (κ1) is 7.81. The minimum atomic E-state index is -3.10. The van der Waals surface area contributed by atoms with E-state index in [1.807, 2.05) is 0 Å². The third kappa shape index (κ3) is 1.60. The van der Waals surface area contributed by atoms with Crippen molar-refractivity contribution in [2.24, 2.45) is 0 Å². The van der Waals surface area contributed by atoms with E-state index in [1.54, 1.807) is 6.07 Å². The molecule has 1 aromatic rings. The summed E-state index contributed by atoms with van der Waals surface area (Å²) >= 11 is 3.14. The van der Waals surface area contributed by atoms with Gasteiger partial charge >= 0.3 is 0 Å². The van der Waals surface area contributed by atoms with Gasteiger partial charge in [0.05, 0.1) is 6.26 Å². The van der Waals surface area contributed by atoms with Gasteiger partial charge in [0, 0.05) is 16.9 Å². The molecule has 1 rings (SSSR count). The topological polar surface area (TPSA) is 39.1 Å². The van der Waals surface area contributed by atoms with Crippen molar-refractivity contribution in [3.63, 3.8) is 0 Å². The van der Waals surface area contributed by atoms with Gasteiger partial charge in [-0.3, -0.25) is 3.97 Å². The predicted octanol–water partition coefficient (Wildman–Crippen LogP) is 1.06. The third-order valence-electron chi connectivity index (χ3n) is 1.01. The number of nitrogens with zero attached hydrogens (tertiary/aromatic N) is 1. The molecule has 3 nitrogen and oxygen atoms in total. The van der Waals surface area contributed by atoms with Crippen molar-refractivity contribution >= 4 is 26.0 Å². The summed E-state index contributed by atoms with van der Waals surface area (Å²) < 4.78 is 23.5. The van der Waals surface area contributed by atoms with E-state index in [1.165, 1.54) is 12.4 Å². The largest absolute Gasteiger partial charge is 0.252 e. The molecular formula is C5H6BrNO2S. The van der Waals surface area contributed by atoms with Crippen LogP contribution >= 0.6 is 15.9 Å². The van der Waals surface area contributed by atoms with Gasteiger partial charge in [0.15, 0.2) is 0 Å². The Morgan fingerprint density at radius 2 is 2.20 bits per heavy atom. The molecule has 0 fully saturated rings. The smallest absolute Gasteiger partial charge is 0.235 e. The summed E-state index contributed by atoms with van der Waals surface area (Å²) in [5.74, 6) is 0. The summed E-state index contributed by atoms with van der Waals surface area (Å²) in [6.07, 6.45) is 4.13. The van der Waals surface area contributed by atoms with Crippen LogP contribution in [0.25, 0.3) is 0 Å². The second-order valence-corrected chi connectivity index (χ2v) is 4.73. The SMILES string of the molecule is CS(=O)(=O)n1ccc(Br)c1. The van der Waals surface area contributed by atoms with Crippen molar-refractivity contribution in [1.29, 1.82) is 0 Å². The van der Waals surface area contributed by atoms with Gasteiger partial charge in [-0.05, 0) is 22.0 Å². The molecule has 0 atom stereocenters. The van der Waals surface area contributed by atoms with E-state index in [0.717, 1.165) is 14.7 Å². The molecule has 0 amide bonds. The van der Waals surface area contributed by atoms with Crippen LogP contribution in [0.15, 0.2) is 22.9 Å². The van der Waals surface area contributed by atoms with Crippen molar-refractivity contribution in [3.8, 4) is 0 Å². The number of halogens is 1. The quantitative estimate of drug-likeness (QED) is 0.715. The molecule has 0 bridgehead atoms. The average molecular weight is 224 g/mol. The van der Waals surface area contributed by atoms with Crippen molar-refractivity contribution in [3.05, 3.63) is 22.9 Å². The summed E-state index contributed by atoms with van der Waals surface area (Å²) in [5.41, 5.74) is 0. The summed E-state index contributed by atoms with van der Waals surface area (Å²) in [6.45, 7) is 0. The molecule has 1 aromatic heterocycles. The molecule has 0 aliphatic rings. The Hall–Kier alpha value is -0.290. The average Bonchev–Trinajstić information content (AvgIpc) is 2.11. The molecule has 0 aliphatic carbocycles. The molecule has 0 saturated carbocycles. The van der Waals surface area contributed by atoms with Gasteiger partial charge in [-0.1, -0.05) is 0 Å². The van der Waals surface area contributed by atoms with Crippen LogP contribution in [0, 0.1) is 0 Å². The molecular weight excluding hydrogens is 218 g/mol. The molecule has 0 aromatic carbocycles. The first-order valence-corrected chi connectivity index (χ1v) is 5.18. The summed E-state index contributed by atoms with van der Waals surface area (Å²) in [4.78, 5) is 0. The lowest BCUT2D eigenvalue weighted by Crippen LogP contribution is -2.06. The van der Waals surface area contributed by atoms with Gasteiger partial charge in [-0.25, -0.2) is 8.42 Å². The lowest BCUT2D eigenvalue weighted by atomic mass is 10.7. The Bertz CT molecular complexity index is 327. The Morgan fingerprint density at radius 3 is 2.40 bits per heavy atom. The normalized spacial score (nSPS) is 11.8. The third-order valence-corrected chi connectivity index (χ3v) is 2.48. The molecule has 5 heteroatoms. The fourth-order valence-electron chi connectivity index (χ4n) is 0.559. The zero-order chi connectivity index (χ0) is 7.78. The van der Waals surface area contributed by atoms with Crippen LogP contribution < -0.4 is 0 Å². The van der Waals surface area contributed by atoms with Gasteiger partial charge in [-0.2, -0.15) is 0 Å². The molecule has 0 N–H and O–H groups in total. The number of aromatic nitrogens is 1. The maximum absolute atomic E-state index is 10.8. The van der Waals surface area contributed by atoms with Crippen LogP contribution in [0.5, 0.6) is 0 Å². The molecule has 0 aliphatic heterocycles. The van der Waals surface area contributed by atoms with Gasteiger partial charge < -0.3 is 0 Å². The Labute approximate surface area is 67.8 Å². The molecule has 0 unspecified atom stereocenters. The van der Waals surface area contributed by atoms with E-state index in [9.17, 15) is 8.42 Å². The maximum atomic E-state index is 10.8. The second-order valence-electron chi connectivity index (χ2n) is 1.92. The van der Waals surface area contributed by atoms with Crippen LogP contribution in [0.1, 0.15) is 0 Å². The Balaban J connectivity index is 3.21. The van der Waals surface area contributed by atoms with Crippen LogP contribution in [0.2, 0.25) is 0 Å². The maximum Gasteiger partial charge on any atom is 0.235 e. The first-order valence-electron chi connectivity index (χ1n) is 2.54. The van der Waals surface area contributed by atoms with Crippen molar-refractivity contribution in [2.75, 3.05) is 6.26 Å². The van der Waals surface area contributed by atoms with Gasteiger partial charge in [0.2, 0.25) is 10.0 Å². The van der Waals surface area contributed by atoms with Crippen LogP contribution in [0.4, 0.5) is 0 Å². The summed E-state index contributed by atoms with van der Waals surface area (Å²) in [5, 5.41) is 0. The summed E-state index contributed by atoms with van der Waals surface area (Å²) in [6, 6.07) is 1.67. The van der Waals surface area contributed by atoms with Gasteiger partial charge in [-0.15, -0.1) is 0 Å². The molecule has 0 saturated heterocycles. The Kier molecular flexibility index (Phi) is 1.87. The highest BCUT2D eigenvalue weighted by molar-refractivity contribution is 9.10. The van der Waals surface area contributed by atoms with E-state index in [4.69, 9.17) is 0 Å². The fraction of sp³-hybridized carbons (Fsp3) is 0.200. The Morgan fingerprint density at radius 1 is 1.60 bits per heavy atom.